The highest BCUT2D eigenvalue weighted by Gasteiger charge is 2.09. The van der Waals surface area contributed by atoms with Crippen LogP contribution in [0.5, 0.6) is 0 Å². The molecule has 7 nitrogen and oxygen atoms in total. The predicted octanol–water partition coefficient (Wildman–Crippen LogP) is 1.69. The summed E-state index contributed by atoms with van der Waals surface area (Å²) in [5.74, 6) is 0.484. The summed E-state index contributed by atoms with van der Waals surface area (Å²) in [6, 6.07) is 6.25. The summed E-state index contributed by atoms with van der Waals surface area (Å²) in [6.45, 7) is 0.438. The molecule has 0 spiro atoms. The third-order valence-electron chi connectivity index (χ3n) is 2.76. The molecule has 108 valence electrons. The Kier molecular flexibility index (Phi) is 4.81. The van der Waals surface area contributed by atoms with E-state index in [2.05, 4.69) is 15.3 Å². The Labute approximate surface area is 120 Å². The molecule has 0 saturated carbocycles. The summed E-state index contributed by atoms with van der Waals surface area (Å²) < 4.78 is 0. The first-order valence-corrected chi connectivity index (χ1v) is 6.34. The highest BCUT2D eigenvalue weighted by atomic mass is 16.6. The molecule has 0 unspecified atom stereocenters. The van der Waals surface area contributed by atoms with E-state index in [-0.39, 0.29) is 11.6 Å². The second kappa shape index (κ2) is 6.99. The van der Waals surface area contributed by atoms with Crippen molar-refractivity contribution in [3.8, 4) is 0 Å². The van der Waals surface area contributed by atoms with Crippen LogP contribution in [0.25, 0.3) is 6.08 Å². The number of benzene rings is 1. The van der Waals surface area contributed by atoms with E-state index >= 15 is 0 Å². The van der Waals surface area contributed by atoms with Gasteiger partial charge in [0.2, 0.25) is 5.91 Å². The maximum atomic E-state index is 11.6. The van der Waals surface area contributed by atoms with Gasteiger partial charge in [0.25, 0.3) is 5.69 Å². The Morgan fingerprint density at radius 3 is 2.95 bits per heavy atom. The Morgan fingerprint density at radius 2 is 2.24 bits per heavy atom. The summed E-state index contributed by atoms with van der Waals surface area (Å²) >= 11 is 0. The quantitative estimate of drug-likeness (QED) is 0.479. The number of nitro groups is 1. The molecule has 2 aromatic rings. The molecule has 0 aliphatic heterocycles. The molecule has 0 atom stereocenters. The van der Waals surface area contributed by atoms with Crippen LogP contribution >= 0.6 is 0 Å². The van der Waals surface area contributed by atoms with E-state index in [1.807, 2.05) is 0 Å². The molecule has 1 heterocycles. The van der Waals surface area contributed by atoms with Crippen molar-refractivity contribution >= 4 is 17.7 Å². The molecule has 1 aromatic carbocycles. The van der Waals surface area contributed by atoms with Gasteiger partial charge in [0.1, 0.15) is 5.82 Å². The maximum Gasteiger partial charge on any atom is 0.276 e. The number of rotatable bonds is 6. The summed E-state index contributed by atoms with van der Waals surface area (Å²) in [6.07, 6.45) is 6.67. The first-order valence-electron chi connectivity index (χ1n) is 6.34. The lowest BCUT2D eigenvalue weighted by Gasteiger charge is -2.00. The lowest BCUT2D eigenvalue weighted by Crippen LogP contribution is -2.23. The van der Waals surface area contributed by atoms with Crippen LogP contribution in [0.2, 0.25) is 0 Å². The summed E-state index contributed by atoms with van der Waals surface area (Å²) in [4.78, 5) is 29.0. The van der Waals surface area contributed by atoms with E-state index in [0.717, 1.165) is 5.82 Å². The van der Waals surface area contributed by atoms with Crippen molar-refractivity contribution in [1.82, 2.24) is 15.3 Å². The molecule has 7 heteroatoms. The van der Waals surface area contributed by atoms with Gasteiger partial charge in [-0.3, -0.25) is 14.9 Å². The van der Waals surface area contributed by atoms with Crippen molar-refractivity contribution in [3.63, 3.8) is 0 Å². The van der Waals surface area contributed by atoms with Crippen molar-refractivity contribution < 1.29 is 9.72 Å². The number of hydrogen-bond acceptors (Lipinski definition) is 4. The molecule has 0 bridgehead atoms. The van der Waals surface area contributed by atoms with Gasteiger partial charge in [-0.05, 0) is 12.1 Å². The molecule has 0 radical (unpaired) electrons. The van der Waals surface area contributed by atoms with Gasteiger partial charge in [-0.1, -0.05) is 12.1 Å². The number of carbonyl (C=O) groups excluding carboxylic acids is 1. The first kappa shape index (κ1) is 14.4. The van der Waals surface area contributed by atoms with Gasteiger partial charge in [0, 0.05) is 37.5 Å². The number of hydrogen-bond donors (Lipinski definition) is 2. The number of nitrogens with one attached hydrogen (secondary N) is 2. The van der Waals surface area contributed by atoms with Gasteiger partial charge < -0.3 is 10.3 Å². The number of para-hydroxylation sites is 1. The number of carbonyl (C=O) groups is 1. The minimum atomic E-state index is -0.478. The van der Waals surface area contributed by atoms with E-state index < -0.39 is 4.92 Å². The molecule has 0 saturated heterocycles. The maximum absolute atomic E-state index is 11.6. The third kappa shape index (κ3) is 4.27. The molecular formula is C14H14N4O3. The zero-order valence-electron chi connectivity index (χ0n) is 11.2. The van der Waals surface area contributed by atoms with Crippen LogP contribution in [0.1, 0.15) is 11.4 Å². The molecule has 21 heavy (non-hydrogen) atoms. The SMILES string of the molecule is O=C(/C=C/c1ccccc1[N+](=O)[O-])NCCc1ncc[nH]1. The molecular weight excluding hydrogens is 272 g/mol. The normalized spacial score (nSPS) is 10.7. The number of imidazole rings is 1. The van der Waals surface area contributed by atoms with Gasteiger partial charge >= 0.3 is 0 Å². The molecule has 0 fully saturated rings. The zero-order chi connectivity index (χ0) is 15.1. The predicted molar refractivity (Wildman–Crippen MR) is 77.4 cm³/mol. The summed E-state index contributed by atoms with van der Waals surface area (Å²) in [5.41, 5.74) is 0.362. The Bertz CT molecular complexity index is 650. The second-order valence-corrected chi connectivity index (χ2v) is 4.23. The molecule has 2 rings (SSSR count). The highest BCUT2D eigenvalue weighted by molar-refractivity contribution is 5.92. The zero-order valence-corrected chi connectivity index (χ0v) is 11.2. The smallest absolute Gasteiger partial charge is 0.276 e. The second-order valence-electron chi connectivity index (χ2n) is 4.23. The van der Waals surface area contributed by atoms with E-state index in [1.54, 1.807) is 30.6 Å². The van der Waals surface area contributed by atoms with Crippen LogP contribution < -0.4 is 5.32 Å². The van der Waals surface area contributed by atoms with Gasteiger partial charge in [0.05, 0.1) is 10.5 Å². The van der Waals surface area contributed by atoms with Crippen molar-refractivity contribution in [2.75, 3.05) is 6.54 Å². The molecule has 1 aromatic heterocycles. The van der Waals surface area contributed by atoms with Gasteiger partial charge in [-0.15, -0.1) is 0 Å². The van der Waals surface area contributed by atoms with Crippen molar-refractivity contribution in [3.05, 3.63) is 64.2 Å². The topological polar surface area (TPSA) is 101 Å². The van der Waals surface area contributed by atoms with E-state index in [0.29, 0.717) is 18.5 Å². The fourth-order valence-corrected chi connectivity index (χ4v) is 1.76. The van der Waals surface area contributed by atoms with Crippen LogP contribution in [0.3, 0.4) is 0 Å². The lowest BCUT2D eigenvalue weighted by molar-refractivity contribution is -0.385. The number of aromatic amines is 1. The molecule has 1 amide bonds. The minimum absolute atomic E-state index is 0.0304. The summed E-state index contributed by atoms with van der Waals surface area (Å²) in [5, 5.41) is 13.5. The van der Waals surface area contributed by atoms with Gasteiger partial charge in [-0.25, -0.2) is 4.98 Å². The van der Waals surface area contributed by atoms with E-state index in [1.165, 1.54) is 18.2 Å². The van der Waals surface area contributed by atoms with Crippen molar-refractivity contribution in [2.45, 2.75) is 6.42 Å². The minimum Gasteiger partial charge on any atom is -0.352 e. The Balaban J connectivity index is 1.89. The number of aromatic nitrogens is 2. The number of nitrogens with zero attached hydrogens (tertiary/aromatic N) is 2. The Morgan fingerprint density at radius 1 is 1.43 bits per heavy atom. The van der Waals surface area contributed by atoms with Crippen LogP contribution in [-0.4, -0.2) is 27.3 Å². The highest BCUT2D eigenvalue weighted by Crippen LogP contribution is 2.18. The van der Waals surface area contributed by atoms with E-state index in [4.69, 9.17) is 0 Å². The fraction of sp³-hybridized carbons (Fsp3) is 0.143. The Hall–Kier alpha value is -2.96. The third-order valence-corrected chi connectivity index (χ3v) is 2.76. The number of nitro benzene ring substituents is 1. The van der Waals surface area contributed by atoms with Crippen molar-refractivity contribution in [1.29, 1.82) is 0 Å². The molecule has 2 N–H and O–H groups in total. The van der Waals surface area contributed by atoms with Crippen LogP contribution in [0.15, 0.2) is 42.7 Å². The average molecular weight is 286 g/mol. The van der Waals surface area contributed by atoms with Crippen LogP contribution in [-0.2, 0) is 11.2 Å². The largest absolute Gasteiger partial charge is 0.352 e. The van der Waals surface area contributed by atoms with Gasteiger partial charge in [0.15, 0.2) is 0 Å². The molecule has 0 aliphatic carbocycles. The average Bonchev–Trinajstić information content (AvgIpc) is 2.98. The number of H-pyrrole nitrogens is 1. The van der Waals surface area contributed by atoms with Crippen molar-refractivity contribution in [2.24, 2.45) is 0 Å². The monoisotopic (exact) mass is 286 g/mol. The standard InChI is InChI=1S/C14H14N4O3/c19-14(17-8-7-13-15-9-10-16-13)6-5-11-3-1-2-4-12(11)18(20)21/h1-6,9-10H,7-8H2,(H,15,16)(H,17,19)/b6-5+. The van der Waals surface area contributed by atoms with Gasteiger partial charge in [-0.2, -0.15) is 0 Å². The fourth-order valence-electron chi connectivity index (χ4n) is 1.76. The lowest BCUT2D eigenvalue weighted by atomic mass is 10.1. The van der Waals surface area contributed by atoms with Crippen LogP contribution in [0, 0.1) is 10.1 Å². The van der Waals surface area contributed by atoms with E-state index in [9.17, 15) is 14.9 Å². The molecule has 0 aliphatic rings. The number of amides is 1. The van der Waals surface area contributed by atoms with Crippen LogP contribution in [0.4, 0.5) is 5.69 Å². The first-order chi connectivity index (χ1) is 10.2. The summed E-state index contributed by atoms with van der Waals surface area (Å²) in [7, 11) is 0.